The highest BCUT2D eigenvalue weighted by molar-refractivity contribution is 9.10. The van der Waals surface area contributed by atoms with Crippen LogP contribution in [0.5, 0.6) is 0 Å². The number of thiol groups is 1. The summed E-state index contributed by atoms with van der Waals surface area (Å²) < 4.78 is 0.850. The number of halogens is 1. The van der Waals surface area contributed by atoms with E-state index >= 15 is 0 Å². The Labute approximate surface area is 140 Å². The van der Waals surface area contributed by atoms with E-state index in [-0.39, 0.29) is 5.91 Å². The van der Waals surface area contributed by atoms with Gasteiger partial charge in [0.05, 0.1) is 5.56 Å². The summed E-state index contributed by atoms with van der Waals surface area (Å²) in [4.78, 5) is 18.0. The zero-order valence-corrected chi connectivity index (χ0v) is 14.6. The number of benzene rings is 1. The fraction of sp³-hybridized carbons (Fsp3) is 0.562. The second kappa shape index (κ2) is 6.71. The van der Waals surface area contributed by atoms with Crippen molar-refractivity contribution in [1.29, 1.82) is 0 Å². The summed E-state index contributed by atoms with van der Waals surface area (Å²) in [7, 11) is 0. The molecule has 1 saturated carbocycles. The molecular formula is C16H21BrN2OS. The van der Waals surface area contributed by atoms with Gasteiger partial charge < -0.3 is 4.90 Å². The van der Waals surface area contributed by atoms with Crippen molar-refractivity contribution in [2.45, 2.75) is 36.6 Å². The maximum atomic E-state index is 12.6. The summed E-state index contributed by atoms with van der Waals surface area (Å²) in [6, 6.07) is 6.39. The van der Waals surface area contributed by atoms with E-state index in [1.54, 1.807) is 0 Å². The van der Waals surface area contributed by atoms with Crippen molar-refractivity contribution in [2.75, 3.05) is 26.2 Å². The van der Waals surface area contributed by atoms with Gasteiger partial charge in [0.25, 0.3) is 5.91 Å². The first-order chi connectivity index (χ1) is 10.1. The molecule has 3 nitrogen and oxygen atoms in total. The Bertz CT molecular complexity index is 523. The average Bonchev–Trinajstić information content (AvgIpc) is 3.03. The molecule has 0 bridgehead atoms. The van der Waals surface area contributed by atoms with Crippen molar-refractivity contribution < 1.29 is 4.79 Å². The van der Waals surface area contributed by atoms with Gasteiger partial charge in [0.1, 0.15) is 0 Å². The van der Waals surface area contributed by atoms with Crippen LogP contribution >= 0.6 is 28.6 Å². The predicted octanol–water partition coefficient (Wildman–Crippen LogP) is 3.44. The van der Waals surface area contributed by atoms with E-state index in [1.807, 2.05) is 23.1 Å². The van der Waals surface area contributed by atoms with Crippen molar-refractivity contribution in [3.05, 3.63) is 28.2 Å². The highest BCUT2D eigenvalue weighted by Gasteiger charge is 2.28. The lowest BCUT2D eigenvalue weighted by molar-refractivity contribution is 0.0572. The maximum absolute atomic E-state index is 12.6. The van der Waals surface area contributed by atoms with Crippen LogP contribution < -0.4 is 0 Å². The van der Waals surface area contributed by atoms with E-state index in [2.05, 4.69) is 33.5 Å². The van der Waals surface area contributed by atoms with E-state index in [9.17, 15) is 4.79 Å². The fourth-order valence-corrected chi connectivity index (χ4v) is 4.03. The fourth-order valence-electron chi connectivity index (χ4n) is 3.41. The van der Waals surface area contributed by atoms with Crippen molar-refractivity contribution in [3.63, 3.8) is 0 Å². The molecule has 0 N–H and O–H groups in total. The van der Waals surface area contributed by atoms with Gasteiger partial charge in [-0.3, -0.25) is 9.69 Å². The van der Waals surface area contributed by atoms with Crippen molar-refractivity contribution in [1.82, 2.24) is 9.80 Å². The summed E-state index contributed by atoms with van der Waals surface area (Å²) >= 11 is 7.80. The summed E-state index contributed by atoms with van der Waals surface area (Å²) in [5.41, 5.74) is 0.719. The Balaban J connectivity index is 1.63. The molecule has 1 saturated heterocycles. The molecule has 1 aliphatic heterocycles. The molecule has 0 radical (unpaired) electrons. The molecule has 1 amide bonds. The second-order valence-electron chi connectivity index (χ2n) is 5.93. The smallest absolute Gasteiger partial charge is 0.255 e. The van der Waals surface area contributed by atoms with Gasteiger partial charge in [-0.2, -0.15) is 0 Å². The van der Waals surface area contributed by atoms with Crippen molar-refractivity contribution in [3.8, 4) is 0 Å². The first-order valence-corrected chi connectivity index (χ1v) is 8.91. The molecule has 1 aromatic rings. The van der Waals surface area contributed by atoms with E-state index in [0.717, 1.165) is 47.2 Å². The lowest BCUT2D eigenvalue weighted by atomic mass is 10.1. The van der Waals surface area contributed by atoms with Crippen LogP contribution in [-0.2, 0) is 0 Å². The molecule has 3 rings (SSSR count). The lowest BCUT2D eigenvalue weighted by Crippen LogP contribution is -2.51. The van der Waals surface area contributed by atoms with Gasteiger partial charge in [-0.05, 0) is 47.0 Å². The molecule has 1 aliphatic carbocycles. The molecule has 0 unspecified atom stereocenters. The molecule has 114 valence electrons. The van der Waals surface area contributed by atoms with Crippen molar-refractivity contribution in [2.24, 2.45) is 0 Å². The van der Waals surface area contributed by atoms with Gasteiger partial charge in [-0.25, -0.2) is 0 Å². The minimum Gasteiger partial charge on any atom is -0.336 e. The molecule has 2 fully saturated rings. The molecule has 0 spiro atoms. The maximum Gasteiger partial charge on any atom is 0.255 e. The molecular weight excluding hydrogens is 348 g/mol. The number of carbonyl (C=O) groups excluding carboxylic acids is 1. The minimum atomic E-state index is 0.115. The van der Waals surface area contributed by atoms with Gasteiger partial charge in [0.15, 0.2) is 0 Å². The van der Waals surface area contributed by atoms with Crippen LogP contribution in [0, 0.1) is 0 Å². The van der Waals surface area contributed by atoms with E-state index in [4.69, 9.17) is 0 Å². The Morgan fingerprint density at radius 2 is 1.81 bits per heavy atom. The van der Waals surface area contributed by atoms with Crippen LogP contribution in [-0.4, -0.2) is 47.9 Å². The van der Waals surface area contributed by atoms with E-state index < -0.39 is 0 Å². The summed E-state index contributed by atoms with van der Waals surface area (Å²) in [6.45, 7) is 3.68. The standard InChI is InChI=1S/C16H21BrN2OS/c17-15-6-5-13(21)11-14(15)16(20)19-9-7-18(8-10-19)12-3-1-2-4-12/h5-6,11-12,21H,1-4,7-10H2. The number of piperazine rings is 1. The number of amides is 1. The number of carbonyl (C=O) groups is 1. The number of rotatable bonds is 2. The molecule has 21 heavy (non-hydrogen) atoms. The number of nitrogens with zero attached hydrogens (tertiary/aromatic N) is 2. The first kappa shape index (κ1) is 15.4. The lowest BCUT2D eigenvalue weighted by Gasteiger charge is -2.38. The van der Waals surface area contributed by atoms with Gasteiger partial charge in [-0.15, -0.1) is 12.6 Å². The Morgan fingerprint density at radius 1 is 1.14 bits per heavy atom. The summed E-state index contributed by atoms with van der Waals surface area (Å²) in [5.74, 6) is 0.115. The predicted molar refractivity (Wildman–Crippen MR) is 91.1 cm³/mol. The van der Waals surface area contributed by atoms with Crippen LogP contribution in [0.4, 0.5) is 0 Å². The molecule has 5 heteroatoms. The quantitative estimate of drug-likeness (QED) is 0.808. The van der Waals surface area contributed by atoms with Crippen LogP contribution in [0.15, 0.2) is 27.6 Å². The largest absolute Gasteiger partial charge is 0.336 e. The van der Waals surface area contributed by atoms with Crippen LogP contribution in [0.3, 0.4) is 0 Å². The zero-order valence-electron chi connectivity index (χ0n) is 12.1. The topological polar surface area (TPSA) is 23.6 Å². The van der Waals surface area contributed by atoms with Crippen molar-refractivity contribution >= 4 is 34.5 Å². The third-order valence-corrected chi connectivity index (χ3v) is 5.59. The normalized spacial score (nSPS) is 21.0. The highest BCUT2D eigenvalue weighted by atomic mass is 79.9. The van der Waals surface area contributed by atoms with Gasteiger partial charge in [0, 0.05) is 41.6 Å². The number of hydrogen-bond donors (Lipinski definition) is 1. The third-order valence-electron chi connectivity index (χ3n) is 4.62. The second-order valence-corrected chi connectivity index (χ2v) is 7.30. The van der Waals surface area contributed by atoms with Crippen LogP contribution in [0.25, 0.3) is 0 Å². The third kappa shape index (κ3) is 3.46. The summed E-state index contributed by atoms with van der Waals surface area (Å²) in [5, 5.41) is 0. The Morgan fingerprint density at radius 3 is 2.48 bits per heavy atom. The van der Waals surface area contributed by atoms with E-state index in [1.165, 1.54) is 25.7 Å². The average molecular weight is 369 g/mol. The Hall–Kier alpha value is -0.520. The monoisotopic (exact) mass is 368 g/mol. The van der Waals surface area contributed by atoms with Gasteiger partial charge in [-0.1, -0.05) is 12.8 Å². The van der Waals surface area contributed by atoms with Crippen LogP contribution in [0.1, 0.15) is 36.0 Å². The Kier molecular flexibility index (Phi) is 4.92. The first-order valence-electron chi connectivity index (χ1n) is 7.67. The highest BCUT2D eigenvalue weighted by Crippen LogP contribution is 2.26. The van der Waals surface area contributed by atoms with Crippen LogP contribution in [0.2, 0.25) is 0 Å². The molecule has 1 aromatic carbocycles. The summed E-state index contributed by atoms with van der Waals surface area (Å²) in [6.07, 6.45) is 5.40. The van der Waals surface area contributed by atoms with E-state index in [0.29, 0.717) is 0 Å². The molecule has 0 atom stereocenters. The molecule has 1 heterocycles. The zero-order chi connectivity index (χ0) is 14.8. The minimum absolute atomic E-state index is 0.115. The SMILES string of the molecule is O=C(c1cc(S)ccc1Br)N1CCN(C2CCCC2)CC1. The molecule has 0 aromatic heterocycles. The number of hydrogen-bond acceptors (Lipinski definition) is 3. The molecule has 2 aliphatic rings. The van der Waals surface area contributed by atoms with Gasteiger partial charge >= 0.3 is 0 Å². The van der Waals surface area contributed by atoms with Gasteiger partial charge in [0.2, 0.25) is 0 Å².